The molecule has 1 heterocycles. The van der Waals surface area contributed by atoms with E-state index in [0.29, 0.717) is 18.2 Å². The van der Waals surface area contributed by atoms with E-state index in [-0.39, 0.29) is 22.0 Å². The van der Waals surface area contributed by atoms with Crippen molar-refractivity contribution in [1.29, 1.82) is 0 Å². The quantitative estimate of drug-likeness (QED) is 0.423. The molecule has 0 saturated carbocycles. The van der Waals surface area contributed by atoms with E-state index in [2.05, 4.69) is 20.3 Å². The van der Waals surface area contributed by atoms with Crippen LogP contribution in [0.5, 0.6) is 5.88 Å². The van der Waals surface area contributed by atoms with Crippen LogP contribution in [-0.2, 0) is 6.61 Å². The summed E-state index contributed by atoms with van der Waals surface area (Å²) in [6, 6.07) is 2.17. The second-order valence-corrected chi connectivity index (χ2v) is 7.67. The molecular weight excluding hydrogens is 416 g/mol. The van der Waals surface area contributed by atoms with Crippen molar-refractivity contribution < 1.29 is 23.1 Å². The van der Waals surface area contributed by atoms with Crippen LogP contribution >= 0.6 is 11.5 Å². The largest absolute Gasteiger partial charge is 0.471 e. The molecule has 0 saturated heterocycles. The van der Waals surface area contributed by atoms with Gasteiger partial charge in [-0.3, -0.25) is 10.1 Å². The summed E-state index contributed by atoms with van der Waals surface area (Å²) >= 11 is 0.779. The molecule has 0 aliphatic heterocycles. The van der Waals surface area contributed by atoms with Gasteiger partial charge in [0.25, 0.3) is 5.91 Å². The van der Waals surface area contributed by atoms with Gasteiger partial charge in [0.05, 0.1) is 5.56 Å². The van der Waals surface area contributed by atoms with E-state index in [1.165, 1.54) is 12.1 Å². The summed E-state index contributed by atoms with van der Waals surface area (Å²) in [5.74, 6) is -2.63. The second kappa shape index (κ2) is 10.8. The number of amides is 3. The molecule has 164 valence electrons. The standard InChI is InChI=1S/C19H25F2N5O3S/c1-10(2)23-5-4-6-24-19(28)25-18-15(16(22)27)17(26-30-18)29-9-12-13(20)7-11(3)8-14(12)21/h7-8,10,23H,4-6,9H2,1-3H3,(H2,22,27)(H2,24,25,28). The number of aromatic nitrogens is 1. The molecule has 5 N–H and O–H groups in total. The first-order chi connectivity index (χ1) is 14.2. The van der Waals surface area contributed by atoms with E-state index in [1.54, 1.807) is 6.92 Å². The van der Waals surface area contributed by atoms with Crippen molar-refractivity contribution in [2.45, 2.75) is 39.8 Å². The number of anilines is 1. The highest BCUT2D eigenvalue weighted by Gasteiger charge is 2.23. The molecule has 0 spiro atoms. The van der Waals surface area contributed by atoms with Crippen molar-refractivity contribution in [3.63, 3.8) is 0 Å². The highest BCUT2D eigenvalue weighted by molar-refractivity contribution is 7.11. The number of urea groups is 1. The first-order valence-corrected chi connectivity index (χ1v) is 10.1. The SMILES string of the molecule is Cc1cc(F)c(COc2nsc(NC(=O)NCCCNC(C)C)c2C(N)=O)c(F)c1. The lowest BCUT2D eigenvalue weighted by atomic mass is 10.1. The van der Waals surface area contributed by atoms with Gasteiger partial charge >= 0.3 is 6.03 Å². The Labute approximate surface area is 177 Å². The number of primary amides is 1. The number of benzene rings is 1. The minimum Gasteiger partial charge on any atom is -0.471 e. The Hall–Kier alpha value is -2.79. The van der Waals surface area contributed by atoms with Gasteiger partial charge in [0, 0.05) is 12.6 Å². The van der Waals surface area contributed by atoms with Gasteiger partial charge in [-0.15, -0.1) is 0 Å². The highest BCUT2D eigenvalue weighted by atomic mass is 32.1. The van der Waals surface area contributed by atoms with Crippen LogP contribution in [0.4, 0.5) is 18.6 Å². The Bertz CT molecular complexity index is 881. The molecule has 8 nitrogen and oxygen atoms in total. The molecule has 0 bridgehead atoms. The van der Waals surface area contributed by atoms with Crippen LogP contribution in [0.3, 0.4) is 0 Å². The molecule has 3 amide bonds. The third-order valence-electron chi connectivity index (χ3n) is 3.96. The van der Waals surface area contributed by atoms with Gasteiger partial charge in [-0.1, -0.05) is 13.8 Å². The zero-order valence-electron chi connectivity index (χ0n) is 17.0. The summed E-state index contributed by atoms with van der Waals surface area (Å²) in [7, 11) is 0. The van der Waals surface area contributed by atoms with Gasteiger partial charge in [-0.05, 0) is 49.1 Å². The summed E-state index contributed by atoms with van der Waals surface area (Å²) < 4.78 is 37.2. The summed E-state index contributed by atoms with van der Waals surface area (Å²) in [6.07, 6.45) is 0.721. The normalized spacial score (nSPS) is 10.9. The lowest BCUT2D eigenvalue weighted by molar-refractivity contribution is 0.0996. The molecule has 2 aromatic rings. The van der Waals surface area contributed by atoms with Crippen LogP contribution in [0.2, 0.25) is 0 Å². The lowest BCUT2D eigenvalue weighted by Gasteiger charge is -2.10. The number of carbonyl (C=O) groups excluding carboxylic acids is 2. The van der Waals surface area contributed by atoms with E-state index in [9.17, 15) is 18.4 Å². The maximum atomic E-state index is 14.0. The molecule has 11 heteroatoms. The molecule has 0 unspecified atom stereocenters. The van der Waals surface area contributed by atoms with Crippen molar-refractivity contribution in [2.75, 3.05) is 18.4 Å². The number of hydrogen-bond acceptors (Lipinski definition) is 6. The molecule has 0 aliphatic rings. The predicted octanol–water partition coefficient (Wildman–Crippen LogP) is 2.92. The average molecular weight is 442 g/mol. The Morgan fingerprint density at radius 2 is 1.90 bits per heavy atom. The maximum absolute atomic E-state index is 14.0. The van der Waals surface area contributed by atoms with Crippen molar-refractivity contribution >= 4 is 28.5 Å². The number of aryl methyl sites for hydroxylation is 1. The zero-order chi connectivity index (χ0) is 22.3. The van der Waals surface area contributed by atoms with Crippen molar-refractivity contribution in [3.8, 4) is 5.88 Å². The van der Waals surface area contributed by atoms with Crippen molar-refractivity contribution in [1.82, 2.24) is 15.0 Å². The summed E-state index contributed by atoms with van der Waals surface area (Å²) in [5.41, 5.74) is 5.34. The number of halogens is 2. The van der Waals surface area contributed by atoms with E-state index in [1.807, 2.05) is 13.8 Å². The maximum Gasteiger partial charge on any atom is 0.319 e. The number of nitrogens with one attached hydrogen (secondary N) is 3. The number of rotatable bonds is 10. The third kappa shape index (κ3) is 6.63. The number of nitrogens with two attached hydrogens (primary N) is 1. The van der Waals surface area contributed by atoms with Gasteiger partial charge in [-0.25, -0.2) is 13.6 Å². The predicted molar refractivity (Wildman–Crippen MR) is 111 cm³/mol. The summed E-state index contributed by atoms with van der Waals surface area (Å²) in [5, 5.41) is 8.46. The Morgan fingerprint density at radius 3 is 2.50 bits per heavy atom. The average Bonchev–Trinajstić information content (AvgIpc) is 3.02. The smallest absolute Gasteiger partial charge is 0.319 e. The molecule has 0 aliphatic carbocycles. The Balaban J connectivity index is 2.00. The first-order valence-electron chi connectivity index (χ1n) is 9.34. The van der Waals surface area contributed by atoms with Crippen molar-refractivity contribution in [2.24, 2.45) is 5.73 Å². The van der Waals surface area contributed by atoms with E-state index >= 15 is 0 Å². The fourth-order valence-corrected chi connectivity index (χ4v) is 3.25. The van der Waals surface area contributed by atoms with Crippen LogP contribution in [0.15, 0.2) is 12.1 Å². The number of ether oxygens (including phenoxy) is 1. The molecule has 1 aromatic carbocycles. The number of carbonyl (C=O) groups is 2. The van der Waals surface area contributed by atoms with Crippen LogP contribution in [0.25, 0.3) is 0 Å². The Kier molecular flexibility index (Phi) is 8.48. The van der Waals surface area contributed by atoms with Gasteiger partial charge in [0.2, 0.25) is 5.88 Å². The van der Waals surface area contributed by atoms with Crippen LogP contribution < -0.4 is 26.4 Å². The topological polar surface area (TPSA) is 118 Å². The minimum atomic E-state index is -0.889. The van der Waals surface area contributed by atoms with Crippen LogP contribution in [0, 0.1) is 18.6 Å². The third-order valence-corrected chi connectivity index (χ3v) is 4.71. The van der Waals surface area contributed by atoms with Crippen molar-refractivity contribution in [3.05, 3.63) is 40.5 Å². The van der Waals surface area contributed by atoms with Gasteiger partial charge in [0.1, 0.15) is 28.8 Å². The molecule has 2 rings (SSSR count). The molecule has 0 radical (unpaired) electrons. The fraction of sp³-hybridized carbons (Fsp3) is 0.421. The second-order valence-electron chi connectivity index (χ2n) is 6.90. The molecule has 1 aromatic heterocycles. The van der Waals surface area contributed by atoms with Gasteiger partial charge in [-0.2, -0.15) is 4.37 Å². The van der Waals surface area contributed by atoms with Crippen LogP contribution in [0.1, 0.15) is 41.8 Å². The molecular formula is C19H25F2N5O3S. The monoisotopic (exact) mass is 441 g/mol. The number of nitrogens with zero attached hydrogens (tertiary/aromatic N) is 1. The minimum absolute atomic E-state index is 0.0835. The number of hydrogen-bond donors (Lipinski definition) is 4. The molecule has 0 fully saturated rings. The highest BCUT2D eigenvalue weighted by Crippen LogP contribution is 2.31. The zero-order valence-corrected chi connectivity index (χ0v) is 17.8. The lowest BCUT2D eigenvalue weighted by Crippen LogP contribution is -2.32. The first kappa shape index (κ1) is 23.5. The van der Waals surface area contributed by atoms with Gasteiger partial charge < -0.3 is 21.1 Å². The molecule has 30 heavy (non-hydrogen) atoms. The summed E-state index contributed by atoms with van der Waals surface area (Å²) in [4.78, 5) is 23.9. The Morgan fingerprint density at radius 1 is 1.23 bits per heavy atom. The molecule has 0 atom stereocenters. The summed E-state index contributed by atoms with van der Waals surface area (Å²) in [6.45, 7) is 6.29. The van der Waals surface area contributed by atoms with E-state index in [4.69, 9.17) is 10.5 Å². The van der Waals surface area contributed by atoms with E-state index in [0.717, 1.165) is 24.5 Å². The fourth-order valence-electron chi connectivity index (χ4n) is 2.51. The van der Waals surface area contributed by atoms with E-state index < -0.39 is 30.2 Å². The van der Waals surface area contributed by atoms with Gasteiger partial charge in [0.15, 0.2) is 0 Å². The van der Waals surface area contributed by atoms with Crippen LogP contribution in [-0.4, -0.2) is 35.4 Å².